The van der Waals surface area contributed by atoms with Gasteiger partial charge in [0.15, 0.2) is 11.6 Å². The van der Waals surface area contributed by atoms with Crippen LogP contribution in [0.2, 0.25) is 0 Å². The Hall–Kier alpha value is -3.82. The van der Waals surface area contributed by atoms with E-state index in [1.165, 1.54) is 63.4 Å². The number of nitrogens with one attached hydrogen (secondary N) is 2. The van der Waals surface area contributed by atoms with Gasteiger partial charge < -0.3 is 20.9 Å². The number of carbonyl (C=O) groups is 2. The fourth-order valence-electron chi connectivity index (χ4n) is 11.9. The lowest BCUT2D eigenvalue weighted by atomic mass is 9.66. The van der Waals surface area contributed by atoms with Gasteiger partial charge in [0.25, 0.3) is 0 Å². The number of nitrogen functional groups attached to an aromatic ring is 1. The zero-order chi connectivity index (χ0) is 41.0. The number of rotatable bonds is 14. The number of ketones is 1. The molecule has 2 aliphatic heterocycles. The molecule has 2 saturated heterocycles. The maximum Gasteiger partial charge on any atom is 0.224 e. The first kappa shape index (κ1) is 41.9. The molecule has 59 heavy (non-hydrogen) atoms. The number of fused-ring (bicyclic) bond motifs is 8. The van der Waals surface area contributed by atoms with Crippen molar-refractivity contribution in [2.45, 2.75) is 161 Å². The number of anilines is 1. The first-order valence-corrected chi connectivity index (χ1v) is 23.6. The summed E-state index contributed by atoms with van der Waals surface area (Å²) >= 11 is 0. The van der Waals surface area contributed by atoms with Crippen molar-refractivity contribution in [3.05, 3.63) is 65.5 Å². The smallest absolute Gasteiger partial charge is 0.224 e. The highest BCUT2D eigenvalue weighted by Crippen LogP contribution is 2.60. The van der Waals surface area contributed by atoms with Gasteiger partial charge in [0.05, 0.1) is 23.5 Å². The van der Waals surface area contributed by atoms with Gasteiger partial charge in [0.2, 0.25) is 5.91 Å². The van der Waals surface area contributed by atoms with Crippen LogP contribution < -0.4 is 16.4 Å². The first-order valence-electron chi connectivity index (χ1n) is 23.6. The molecule has 0 spiro atoms. The molecule has 4 aromatic rings. The number of para-hydroxylation sites is 1. The van der Waals surface area contributed by atoms with Crippen molar-refractivity contribution < 1.29 is 9.59 Å². The van der Waals surface area contributed by atoms with Crippen molar-refractivity contribution in [1.82, 2.24) is 30.1 Å². The molecule has 5 atom stereocenters. The van der Waals surface area contributed by atoms with Crippen LogP contribution in [0.1, 0.15) is 140 Å². The number of nitrogens with zero attached hydrogens (tertiary/aromatic N) is 4. The summed E-state index contributed by atoms with van der Waals surface area (Å²) in [6.07, 6.45) is 20.2. The summed E-state index contributed by atoms with van der Waals surface area (Å²) in [5, 5.41) is 8.24. The fourth-order valence-corrected chi connectivity index (χ4v) is 11.9. The summed E-state index contributed by atoms with van der Waals surface area (Å²) in [6, 6.07) is 16.9. The monoisotopic (exact) mass is 802 g/mol. The Bertz CT molecular complexity index is 2070. The molecule has 0 radical (unpaired) electrons. The van der Waals surface area contributed by atoms with Crippen molar-refractivity contribution in [3.8, 4) is 0 Å². The number of nitrogens with two attached hydrogens (primary N) is 1. The van der Waals surface area contributed by atoms with Crippen LogP contribution in [0.3, 0.4) is 0 Å². The number of aryl methyl sites for hydroxylation is 1. The molecule has 9 nitrogen and oxygen atoms in total. The zero-order valence-corrected chi connectivity index (χ0v) is 36.4. The molecule has 4 fully saturated rings. The van der Waals surface area contributed by atoms with Crippen molar-refractivity contribution in [2.75, 3.05) is 25.4 Å². The Labute approximate surface area is 353 Å². The molecule has 4 N–H and O–H groups in total. The van der Waals surface area contributed by atoms with Crippen LogP contribution in [0.25, 0.3) is 21.9 Å². The second-order valence-electron chi connectivity index (χ2n) is 19.3. The van der Waals surface area contributed by atoms with E-state index in [0.29, 0.717) is 42.3 Å². The van der Waals surface area contributed by atoms with Gasteiger partial charge in [0.1, 0.15) is 11.3 Å². The molecule has 2 bridgehead atoms. The number of unbranched alkanes of at least 4 members (excludes halogenated alkanes) is 2. The maximum atomic E-state index is 14.1. The van der Waals surface area contributed by atoms with Crippen LogP contribution in [0.5, 0.6) is 0 Å². The van der Waals surface area contributed by atoms with Crippen LogP contribution in [-0.4, -0.2) is 62.3 Å². The van der Waals surface area contributed by atoms with Gasteiger partial charge in [-0.1, -0.05) is 101 Å². The number of hydrogen-bond donors (Lipinski definition) is 3. The average molecular weight is 802 g/mol. The van der Waals surface area contributed by atoms with Gasteiger partial charge in [-0.05, 0) is 113 Å². The van der Waals surface area contributed by atoms with E-state index in [0.717, 1.165) is 111 Å². The second kappa shape index (κ2) is 18.4. The molecule has 2 aromatic carbocycles. The number of imidazole rings is 1. The Balaban J connectivity index is 0.769. The quantitative estimate of drug-likeness (QED) is 0.109. The minimum absolute atomic E-state index is 0.0491. The maximum absolute atomic E-state index is 14.1. The van der Waals surface area contributed by atoms with E-state index < -0.39 is 0 Å². The van der Waals surface area contributed by atoms with Crippen LogP contribution in [-0.2, 0) is 35.5 Å². The molecule has 1 amide bonds. The topological polar surface area (TPSA) is 118 Å². The first-order chi connectivity index (χ1) is 28.7. The highest BCUT2D eigenvalue weighted by atomic mass is 16.1. The van der Waals surface area contributed by atoms with E-state index in [-0.39, 0.29) is 22.9 Å². The Morgan fingerprint density at radius 1 is 0.881 bits per heavy atom. The summed E-state index contributed by atoms with van der Waals surface area (Å²) in [6.45, 7) is 11.6. The van der Waals surface area contributed by atoms with Gasteiger partial charge in [0, 0.05) is 42.4 Å². The molecule has 2 saturated carbocycles. The van der Waals surface area contributed by atoms with E-state index in [4.69, 9.17) is 10.7 Å². The summed E-state index contributed by atoms with van der Waals surface area (Å²) in [5.41, 5.74) is 11.4. The minimum atomic E-state index is -0.247. The number of likely N-dealkylation sites (tertiary alicyclic amines) is 1. The average Bonchev–Trinajstić information content (AvgIpc) is 3.75. The summed E-state index contributed by atoms with van der Waals surface area (Å²) < 4.78 is 2.47. The summed E-state index contributed by atoms with van der Waals surface area (Å²) in [7, 11) is 0. The fraction of sp³-hybridized carbons (Fsp3) is 0.640. The number of pyridine rings is 1. The molecule has 2 aromatic heterocycles. The van der Waals surface area contributed by atoms with Gasteiger partial charge in [-0.3, -0.25) is 14.5 Å². The van der Waals surface area contributed by atoms with Crippen molar-refractivity contribution >= 4 is 39.4 Å². The van der Waals surface area contributed by atoms with E-state index >= 15 is 0 Å². The number of piperidine rings is 1. The lowest BCUT2D eigenvalue weighted by Crippen LogP contribution is -2.52. The van der Waals surface area contributed by atoms with Crippen molar-refractivity contribution in [1.29, 1.82) is 0 Å². The van der Waals surface area contributed by atoms with E-state index in [2.05, 4.69) is 82.3 Å². The molecular formula is C50H71N7O2. The third-order valence-electron chi connectivity index (χ3n) is 15.6. The van der Waals surface area contributed by atoms with Crippen LogP contribution >= 0.6 is 0 Å². The summed E-state index contributed by atoms with van der Waals surface area (Å²) in [5.74, 6) is 3.89. The van der Waals surface area contributed by atoms with E-state index in [1.807, 2.05) is 12.1 Å². The second-order valence-corrected chi connectivity index (χ2v) is 19.3. The molecule has 8 rings (SSSR count). The van der Waals surface area contributed by atoms with Gasteiger partial charge in [-0.15, -0.1) is 0 Å². The standard InChI is InChI=1S/C50H71N7O2/c1-4-5-21-43-54-45-46(40-18-12-13-19-41(40)53-48(45)51)57(43)34-37-26-29-56(30-27-37)33-36-24-22-35(23-25-36)31-44(58)52-28-15-14-20-42-47(59)49(2)38-16-10-8-6-7-9-11-17-39(32-38)50(49,3)55-42/h12-13,18-19,22-25,37-39,42,55H,4-11,14-17,20-21,26-34H2,1-3H3,(H2,51,53)(H,52,58). The highest BCUT2D eigenvalue weighted by molar-refractivity contribution is 6.06. The Morgan fingerprint density at radius 2 is 1.59 bits per heavy atom. The molecule has 4 aliphatic rings. The number of carbonyl (C=O) groups excluding carboxylic acids is 2. The van der Waals surface area contributed by atoms with Crippen LogP contribution in [0, 0.1) is 23.2 Å². The third kappa shape index (κ3) is 8.70. The van der Waals surface area contributed by atoms with Crippen LogP contribution in [0.4, 0.5) is 5.82 Å². The Morgan fingerprint density at radius 3 is 2.36 bits per heavy atom. The lowest BCUT2D eigenvalue weighted by Gasteiger charge is -2.40. The third-order valence-corrected chi connectivity index (χ3v) is 15.6. The lowest BCUT2D eigenvalue weighted by molar-refractivity contribution is -0.129. The zero-order valence-electron chi connectivity index (χ0n) is 36.4. The highest BCUT2D eigenvalue weighted by Gasteiger charge is 2.68. The van der Waals surface area contributed by atoms with Crippen molar-refractivity contribution in [2.24, 2.45) is 23.2 Å². The number of amides is 1. The van der Waals surface area contributed by atoms with E-state index in [1.54, 1.807) is 0 Å². The normalized spacial score (nSPS) is 27.0. The minimum Gasteiger partial charge on any atom is -0.382 e. The molecule has 4 heterocycles. The molecule has 2 aliphatic carbocycles. The molecular weight excluding hydrogens is 731 g/mol. The van der Waals surface area contributed by atoms with Crippen LogP contribution in [0.15, 0.2) is 48.5 Å². The van der Waals surface area contributed by atoms with E-state index in [9.17, 15) is 9.59 Å². The molecule has 318 valence electrons. The van der Waals surface area contributed by atoms with Gasteiger partial charge >= 0.3 is 0 Å². The predicted molar refractivity (Wildman–Crippen MR) is 240 cm³/mol. The Kier molecular flexibility index (Phi) is 13.1. The summed E-state index contributed by atoms with van der Waals surface area (Å²) in [4.78, 5) is 39.3. The number of benzene rings is 2. The SMILES string of the molecule is CCCCc1nc2c(N)nc3ccccc3c2n1CC1CCN(Cc2ccc(CC(=O)NCCCCC3NC4(C)C5CCCCCCCCC(C5)C4(C)C3=O)cc2)CC1. The number of Topliss-reactive ketones (excluding diaryl/α,β-unsaturated/α-hetero) is 1. The van der Waals surface area contributed by atoms with Gasteiger partial charge in [-0.2, -0.15) is 0 Å². The number of aromatic nitrogens is 3. The molecule has 9 heteroatoms. The number of hydrogen-bond acceptors (Lipinski definition) is 7. The molecule has 5 unspecified atom stereocenters. The van der Waals surface area contributed by atoms with Gasteiger partial charge in [-0.25, -0.2) is 9.97 Å². The predicted octanol–water partition coefficient (Wildman–Crippen LogP) is 9.33. The largest absolute Gasteiger partial charge is 0.382 e. The van der Waals surface area contributed by atoms with Crippen molar-refractivity contribution in [3.63, 3.8) is 0 Å².